The smallest absolute Gasteiger partial charge is 0.320 e. The van der Waals surface area contributed by atoms with Crippen LogP contribution in [0.5, 0.6) is 0 Å². The summed E-state index contributed by atoms with van der Waals surface area (Å²) in [5, 5.41) is 5.40. The minimum absolute atomic E-state index is 0.318. The third-order valence-corrected chi connectivity index (χ3v) is 3.28. The Morgan fingerprint density at radius 3 is 2.95 bits per heavy atom. The molecule has 0 aliphatic rings. The van der Waals surface area contributed by atoms with Crippen molar-refractivity contribution in [1.82, 2.24) is 19.7 Å². The molecule has 7 heteroatoms. The van der Waals surface area contributed by atoms with Crippen LogP contribution in [-0.4, -0.2) is 20.4 Å². The van der Waals surface area contributed by atoms with Crippen LogP contribution >= 0.6 is 15.9 Å². The van der Waals surface area contributed by atoms with E-state index in [1.165, 1.54) is 0 Å². The summed E-state index contributed by atoms with van der Waals surface area (Å²) >= 11 is 3.29. The molecule has 2 amide bonds. The maximum atomic E-state index is 11.8. The van der Waals surface area contributed by atoms with E-state index >= 15 is 0 Å². The zero-order valence-corrected chi connectivity index (χ0v) is 12.5. The summed E-state index contributed by atoms with van der Waals surface area (Å²) in [6.07, 6.45) is 5.42. The van der Waals surface area contributed by atoms with Gasteiger partial charge in [0.2, 0.25) is 0 Å². The van der Waals surface area contributed by atoms with Gasteiger partial charge >= 0.3 is 6.03 Å². The summed E-state index contributed by atoms with van der Waals surface area (Å²) < 4.78 is 2.77. The largest absolute Gasteiger partial charge is 0.332 e. The van der Waals surface area contributed by atoms with Gasteiger partial charge in [0, 0.05) is 23.1 Å². The highest BCUT2D eigenvalue weighted by atomic mass is 79.9. The van der Waals surface area contributed by atoms with Crippen LogP contribution in [0.2, 0.25) is 0 Å². The molecule has 3 rings (SSSR count). The number of hydrogen-bond donors (Lipinski definition) is 2. The normalized spacial score (nSPS) is 10.5. The fourth-order valence-corrected chi connectivity index (χ4v) is 2.09. The van der Waals surface area contributed by atoms with E-state index < -0.39 is 0 Å². The van der Waals surface area contributed by atoms with Crippen LogP contribution in [0.25, 0.3) is 5.65 Å². The van der Waals surface area contributed by atoms with Crippen LogP contribution in [-0.2, 0) is 6.54 Å². The number of carbonyl (C=O) groups is 1. The number of rotatable bonds is 3. The molecule has 3 heterocycles. The predicted molar refractivity (Wildman–Crippen MR) is 83.0 cm³/mol. The van der Waals surface area contributed by atoms with Crippen molar-refractivity contribution in [1.29, 1.82) is 0 Å². The van der Waals surface area contributed by atoms with Gasteiger partial charge < -0.3 is 9.72 Å². The Labute approximate surface area is 129 Å². The third-order valence-electron chi connectivity index (χ3n) is 2.81. The molecule has 0 radical (unpaired) electrons. The molecule has 0 aliphatic heterocycles. The number of halogens is 1. The van der Waals surface area contributed by atoms with Crippen molar-refractivity contribution in [3.8, 4) is 0 Å². The first-order valence-corrected chi connectivity index (χ1v) is 7.09. The van der Waals surface area contributed by atoms with Crippen molar-refractivity contribution in [2.24, 2.45) is 0 Å². The van der Waals surface area contributed by atoms with E-state index in [4.69, 9.17) is 0 Å². The van der Waals surface area contributed by atoms with E-state index in [1.807, 2.05) is 41.1 Å². The summed E-state index contributed by atoms with van der Waals surface area (Å²) in [5.74, 6) is 0.491. The van der Waals surface area contributed by atoms with E-state index in [2.05, 4.69) is 36.5 Å². The number of hydrogen-bond acceptors (Lipinski definition) is 3. The van der Waals surface area contributed by atoms with Crippen LogP contribution in [0, 0.1) is 0 Å². The number of urea groups is 1. The number of fused-ring (bicyclic) bond motifs is 1. The van der Waals surface area contributed by atoms with Crippen molar-refractivity contribution >= 4 is 33.4 Å². The average molecular weight is 346 g/mol. The first kappa shape index (κ1) is 13.6. The molecule has 3 aromatic rings. The molecule has 0 spiro atoms. The summed E-state index contributed by atoms with van der Waals surface area (Å²) in [6, 6.07) is 8.97. The van der Waals surface area contributed by atoms with E-state index in [0.717, 1.165) is 15.8 Å². The Morgan fingerprint density at radius 1 is 1.29 bits per heavy atom. The highest BCUT2D eigenvalue weighted by Crippen LogP contribution is 2.10. The summed E-state index contributed by atoms with van der Waals surface area (Å²) in [6.45, 7) is 0.351. The van der Waals surface area contributed by atoms with Gasteiger partial charge in [0.05, 0.1) is 12.2 Å². The number of carbonyl (C=O) groups excluding carboxylic acids is 1. The molecule has 106 valence electrons. The number of nitrogens with one attached hydrogen (secondary N) is 2. The maximum absolute atomic E-state index is 11.8. The SMILES string of the molecule is O=C(NCc1cn2ccccc2n1)Nc1ccc(Br)cn1. The second kappa shape index (κ2) is 5.92. The number of pyridine rings is 2. The topological polar surface area (TPSA) is 71.3 Å². The van der Waals surface area contributed by atoms with Crippen LogP contribution in [0.4, 0.5) is 10.6 Å². The van der Waals surface area contributed by atoms with E-state index in [1.54, 1.807) is 12.3 Å². The van der Waals surface area contributed by atoms with Crippen molar-refractivity contribution < 1.29 is 4.79 Å². The molecular formula is C14H12BrN5O. The van der Waals surface area contributed by atoms with E-state index in [0.29, 0.717) is 12.4 Å². The summed E-state index contributed by atoms with van der Waals surface area (Å²) in [7, 11) is 0. The zero-order valence-electron chi connectivity index (χ0n) is 11.0. The molecular weight excluding hydrogens is 334 g/mol. The second-order valence-electron chi connectivity index (χ2n) is 4.37. The molecule has 21 heavy (non-hydrogen) atoms. The fraction of sp³-hybridized carbons (Fsp3) is 0.0714. The molecule has 2 N–H and O–H groups in total. The van der Waals surface area contributed by atoms with Gasteiger partial charge in [0.1, 0.15) is 11.5 Å². The van der Waals surface area contributed by atoms with Gasteiger partial charge in [-0.1, -0.05) is 6.07 Å². The predicted octanol–water partition coefficient (Wildman–Crippen LogP) is 2.81. The van der Waals surface area contributed by atoms with Gasteiger partial charge in [0.25, 0.3) is 0 Å². The Kier molecular flexibility index (Phi) is 3.83. The minimum atomic E-state index is -0.318. The summed E-state index contributed by atoms with van der Waals surface area (Å²) in [5.41, 5.74) is 1.64. The van der Waals surface area contributed by atoms with E-state index in [9.17, 15) is 4.79 Å². The molecule has 0 fully saturated rings. The number of anilines is 1. The standard InChI is InChI=1S/C14H12BrN5O/c15-10-4-5-12(16-7-10)19-14(21)17-8-11-9-20-6-2-1-3-13(20)18-11/h1-7,9H,8H2,(H2,16,17,19,21). The quantitative estimate of drug-likeness (QED) is 0.766. The first-order valence-electron chi connectivity index (χ1n) is 6.30. The molecule has 0 saturated heterocycles. The average Bonchev–Trinajstić information content (AvgIpc) is 2.90. The van der Waals surface area contributed by atoms with Crippen molar-refractivity contribution in [3.63, 3.8) is 0 Å². The lowest BCUT2D eigenvalue weighted by Gasteiger charge is -2.05. The second-order valence-corrected chi connectivity index (χ2v) is 5.28. The van der Waals surface area contributed by atoms with Crippen LogP contribution < -0.4 is 10.6 Å². The number of nitrogens with zero attached hydrogens (tertiary/aromatic N) is 3. The van der Waals surface area contributed by atoms with Gasteiger partial charge in [-0.15, -0.1) is 0 Å². The van der Waals surface area contributed by atoms with Crippen LogP contribution in [0.3, 0.4) is 0 Å². The van der Waals surface area contributed by atoms with Gasteiger partial charge in [-0.3, -0.25) is 5.32 Å². The Hall–Kier alpha value is -2.41. The Morgan fingerprint density at radius 2 is 2.19 bits per heavy atom. The minimum Gasteiger partial charge on any atom is -0.332 e. The maximum Gasteiger partial charge on any atom is 0.320 e. The summed E-state index contributed by atoms with van der Waals surface area (Å²) in [4.78, 5) is 20.2. The lowest BCUT2D eigenvalue weighted by atomic mass is 10.4. The highest BCUT2D eigenvalue weighted by Gasteiger charge is 2.05. The molecule has 6 nitrogen and oxygen atoms in total. The van der Waals surface area contributed by atoms with E-state index in [-0.39, 0.29) is 6.03 Å². The van der Waals surface area contributed by atoms with Crippen LogP contribution in [0.15, 0.2) is 53.4 Å². The number of imidazole rings is 1. The Balaban J connectivity index is 1.59. The lowest BCUT2D eigenvalue weighted by Crippen LogP contribution is -2.28. The Bertz CT molecular complexity index is 735. The van der Waals surface area contributed by atoms with Crippen LogP contribution in [0.1, 0.15) is 5.69 Å². The van der Waals surface area contributed by atoms with Gasteiger partial charge in [-0.2, -0.15) is 0 Å². The fourth-order valence-electron chi connectivity index (χ4n) is 1.85. The number of aromatic nitrogens is 3. The number of amides is 2. The zero-order chi connectivity index (χ0) is 14.7. The monoisotopic (exact) mass is 345 g/mol. The lowest BCUT2D eigenvalue weighted by molar-refractivity contribution is 0.251. The molecule has 0 unspecified atom stereocenters. The molecule has 0 aliphatic carbocycles. The molecule has 0 aromatic carbocycles. The molecule has 0 saturated carbocycles. The molecule has 0 atom stereocenters. The third kappa shape index (κ3) is 3.38. The molecule has 3 aromatic heterocycles. The van der Waals surface area contributed by atoms with Crippen molar-refractivity contribution in [3.05, 3.63) is 59.1 Å². The van der Waals surface area contributed by atoms with Gasteiger partial charge in [-0.25, -0.2) is 14.8 Å². The van der Waals surface area contributed by atoms with Gasteiger partial charge in [-0.05, 0) is 40.2 Å². The van der Waals surface area contributed by atoms with Crippen molar-refractivity contribution in [2.75, 3.05) is 5.32 Å². The van der Waals surface area contributed by atoms with Gasteiger partial charge in [0.15, 0.2) is 0 Å². The first-order chi connectivity index (χ1) is 10.2. The molecule has 0 bridgehead atoms. The van der Waals surface area contributed by atoms with Crippen molar-refractivity contribution in [2.45, 2.75) is 6.54 Å². The highest BCUT2D eigenvalue weighted by molar-refractivity contribution is 9.10.